The fourth-order valence-electron chi connectivity index (χ4n) is 4.47. The molecule has 0 fully saturated rings. The Morgan fingerprint density at radius 3 is 2.85 bits per heavy atom. The molecule has 1 atom stereocenters. The van der Waals surface area contributed by atoms with Crippen molar-refractivity contribution in [2.75, 3.05) is 0 Å². The van der Waals surface area contributed by atoms with Gasteiger partial charge in [-0.1, -0.05) is 37.3 Å². The van der Waals surface area contributed by atoms with Gasteiger partial charge in [-0.05, 0) is 43.2 Å². The first-order valence-electron chi connectivity index (χ1n) is 11.5. The third-order valence-electron chi connectivity index (χ3n) is 6.28. The van der Waals surface area contributed by atoms with Gasteiger partial charge in [0.15, 0.2) is 0 Å². The lowest BCUT2D eigenvalue weighted by atomic mass is 9.97. The Labute approximate surface area is 195 Å². The molecule has 8 heteroatoms. The Morgan fingerprint density at radius 1 is 1.21 bits per heavy atom. The van der Waals surface area contributed by atoms with Gasteiger partial charge in [0.05, 0.1) is 29.6 Å². The molecule has 2 N–H and O–H groups in total. The van der Waals surface area contributed by atoms with Crippen LogP contribution in [0.2, 0.25) is 0 Å². The molecule has 0 radical (unpaired) electrons. The van der Waals surface area contributed by atoms with Gasteiger partial charge in [-0.15, -0.1) is 11.3 Å². The molecule has 0 bridgehead atoms. The number of thiophene rings is 1. The van der Waals surface area contributed by atoms with Gasteiger partial charge in [0.2, 0.25) is 5.91 Å². The van der Waals surface area contributed by atoms with Gasteiger partial charge in [0, 0.05) is 17.8 Å². The highest BCUT2D eigenvalue weighted by atomic mass is 32.1. The van der Waals surface area contributed by atoms with Crippen LogP contribution in [0.1, 0.15) is 54.9 Å². The maximum absolute atomic E-state index is 13.1. The number of benzene rings is 1. The van der Waals surface area contributed by atoms with Crippen LogP contribution in [0.15, 0.2) is 47.7 Å². The molecule has 3 heterocycles. The molecule has 0 saturated carbocycles. The molecule has 4 aromatic rings. The molecule has 0 saturated heterocycles. The first-order chi connectivity index (χ1) is 16.1. The lowest BCUT2D eigenvalue weighted by Crippen LogP contribution is -2.31. The van der Waals surface area contributed by atoms with E-state index in [9.17, 15) is 9.59 Å². The molecule has 1 amide bonds. The third kappa shape index (κ3) is 4.35. The van der Waals surface area contributed by atoms with Gasteiger partial charge in [-0.3, -0.25) is 14.2 Å². The van der Waals surface area contributed by atoms with E-state index in [1.807, 2.05) is 37.3 Å². The Hall–Kier alpha value is -3.26. The summed E-state index contributed by atoms with van der Waals surface area (Å²) >= 11 is 1.64. The maximum Gasteiger partial charge on any atom is 0.262 e. The van der Waals surface area contributed by atoms with Gasteiger partial charge in [0.25, 0.3) is 5.56 Å². The predicted molar refractivity (Wildman–Crippen MR) is 130 cm³/mol. The second kappa shape index (κ2) is 9.31. The first kappa shape index (κ1) is 21.6. The second-order valence-corrected chi connectivity index (χ2v) is 9.54. The highest BCUT2D eigenvalue weighted by Crippen LogP contribution is 2.33. The second-order valence-electron chi connectivity index (χ2n) is 8.46. The van der Waals surface area contributed by atoms with E-state index >= 15 is 0 Å². The Kier molecular flexibility index (Phi) is 6.09. The number of hydrogen-bond donors (Lipinski definition) is 2. The molecule has 170 valence electrons. The van der Waals surface area contributed by atoms with Crippen LogP contribution in [0.3, 0.4) is 0 Å². The van der Waals surface area contributed by atoms with Crippen LogP contribution in [-0.4, -0.2) is 25.4 Å². The predicted octanol–water partition coefficient (Wildman–Crippen LogP) is 4.38. The molecule has 1 aromatic carbocycles. The summed E-state index contributed by atoms with van der Waals surface area (Å²) in [5.74, 6) is 0.619. The van der Waals surface area contributed by atoms with Crippen LogP contribution in [-0.2, 0) is 24.2 Å². The zero-order chi connectivity index (χ0) is 22.8. The SMILES string of the molecule is CCC(NC(=O)CCn1cnc2sc3c(c2c1=O)CCCC3)c1ncc(-c2ccccc2)[nH]1. The minimum Gasteiger partial charge on any atom is -0.346 e. The van der Waals surface area contributed by atoms with Crippen LogP contribution >= 0.6 is 11.3 Å². The summed E-state index contributed by atoms with van der Waals surface area (Å²) in [5.41, 5.74) is 3.12. The fraction of sp³-hybridized carbons (Fsp3) is 0.360. The summed E-state index contributed by atoms with van der Waals surface area (Å²) in [6, 6.07) is 9.76. The summed E-state index contributed by atoms with van der Waals surface area (Å²) in [5, 5.41) is 3.81. The van der Waals surface area contributed by atoms with Crippen molar-refractivity contribution in [2.24, 2.45) is 0 Å². The molecular weight excluding hydrogens is 434 g/mol. The van der Waals surface area contributed by atoms with Crippen molar-refractivity contribution in [3.63, 3.8) is 0 Å². The van der Waals surface area contributed by atoms with Crippen molar-refractivity contribution in [1.82, 2.24) is 24.8 Å². The molecule has 1 unspecified atom stereocenters. The molecule has 1 aliphatic carbocycles. The Balaban J connectivity index is 1.26. The summed E-state index contributed by atoms with van der Waals surface area (Å²) in [7, 11) is 0. The van der Waals surface area contributed by atoms with Crippen molar-refractivity contribution < 1.29 is 4.79 Å². The monoisotopic (exact) mass is 461 g/mol. The summed E-state index contributed by atoms with van der Waals surface area (Å²) in [4.78, 5) is 40.3. The van der Waals surface area contributed by atoms with E-state index < -0.39 is 0 Å². The fourth-order valence-corrected chi connectivity index (χ4v) is 5.69. The topological polar surface area (TPSA) is 92.7 Å². The standard InChI is InChI=1S/C25H27N5O2S/c1-2-18(23-26-14-19(29-23)16-8-4-3-5-9-16)28-21(31)12-13-30-15-27-24-22(25(30)32)17-10-6-7-11-20(17)33-24/h3-5,8-9,14-15,18H,2,6-7,10-13H2,1H3,(H,26,29)(H,28,31). The first-order valence-corrected chi connectivity index (χ1v) is 12.3. The largest absolute Gasteiger partial charge is 0.346 e. The van der Waals surface area contributed by atoms with Crippen LogP contribution < -0.4 is 10.9 Å². The van der Waals surface area contributed by atoms with E-state index in [1.165, 1.54) is 16.9 Å². The number of carbonyl (C=O) groups is 1. The number of amides is 1. The number of imidazole rings is 1. The summed E-state index contributed by atoms with van der Waals surface area (Å²) in [6.07, 6.45) is 8.57. The van der Waals surface area contributed by atoms with Crippen molar-refractivity contribution in [1.29, 1.82) is 0 Å². The van der Waals surface area contributed by atoms with E-state index in [0.29, 0.717) is 13.0 Å². The zero-order valence-corrected chi connectivity index (χ0v) is 19.5. The van der Waals surface area contributed by atoms with Crippen molar-refractivity contribution >= 4 is 27.5 Å². The van der Waals surface area contributed by atoms with E-state index in [0.717, 1.165) is 46.6 Å². The number of carbonyl (C=O) groups excluding carboxylic acids is 1. The van der Waals surface area contributed by atoms with Crippen LogP contribution in [0.4, 0.5) is 0 Å². The summed E-state index contributed by atoms with van der Waals surface area (Å²) in [6.45, 7) is 2.32. The maximum atomic E-state index is 13.1. The quantitative estimate of drug-likeness (QED) is 0.427. The average molecular weight is 462 g/mol. The number of fused-ring (bicyclic) bond motifs is 3. The molecule has 0 aliphatic heterocycles. The minimum absolute atomic E-state index is 0.0298. The number of hydrogen-bond acceptors (Lipinski definition) is 5. The van der Waals surface area contributed by atoms with Gasteiger partial charge in [0.1, 0.15) is 10.7 Å². The van der Waals surface area contributed by atoms with E-state index in [-0.39, 0.29) is 23.9 Å². The highest BCUT2D eigenvalue weighted by molar-refractivity contribution is 7.18. The van der Waals surface area contributed by atoms with E-state index in [2.05, 4.69) is 20.3 Å². The number of aromatic nitrogens is 4. The van der Waals surface area contributed by atoms with Gasteiger partial charge >= 0.3 is 0 Å². The van der Waals surface area contributed by atoms with Crippen molar-refractivity contribution in [3.8, 4) is 11.3 Å². The van der Waals surface area contributed by atoms with Crippen LogP contribution in [0.25, 0.3) is 21.5 Å². The Morgan fingerprint density at radius 2 is 2.03 bits per heavy atom. The number of rotatable bonds is 7. The molecule has 0 spiro atoms. The Bertz CT molecular complexity index is 1340. The highest BCUT2D eigenvalue weighted by Gasteiger charge is 2.21. The summed E-state index contributed by atoms with van der Waals surface area (Å²) < 4.78 is 1.57. The van der Waals surface area contributed by atoms with Gasteiger partial charge < -0.3 is 10.3 Å². The number of nitrogens with zero attached hydrogens (tertiary/aromatic N) is 3. The minimum atomic E-state index is -0.212. The number of nitrogens with one attached hydrogen (secondary N) is 2. The van der Waals surface area contributed by atoms with Gasteiger partial charge in [-0.2, -0.15) is 0 Å². The van der Waals surface area contributed by atoms with Crippen LogP contribution in [0, 0.1) is 0 Å². The molecule has 1 aliphatic rings. The molecule has 7 nitrogen and oxygen atoms in total. The molecule has 33 heavy (non-hydrogen) atoms. The van der Waals surface area contributed by atoms with E-state index in [4.69, 9.17) is 0 Å². The van der Waals surface area contributed by atoms with Gasteiger partial charge in [-0.25, -0.2) is 9.97 Å². The smallest absolute Gasteiger partial charge is 0.262 e. The number of aromatic amines is 1. The molecule has 3 aromatic heterocycles. The lowest BCUT2D eigenvalue weighted by molar-refractivity contribution is -0.122. The van der Waals surface area contributed by atoms with E-state index in [1.54, 1.807) is 28.4 Å². The molecule has 5 rings (SSSR count). The lowest BCUT2D eigenvalue weighted by Gasteiger charge is -2.15. The van der Waals surface area contributed by atoms with Crippen molar-refractivity contribution in [2.45, 2.75) is 58.0 Å². The van der Waals surface area contributed by atoms with Crippen LogP contribution in [0.5, 0.6) is 0 Å². The number of H-pyrrole nitrogens is 1. The third-order valence-corrected chi connectivity index (χ3v) is 7.48. The average Bonchev–Trinajstić information content (AvgIpc) is 3.48. The number of aryl methyl sites for hydroxylation is 3. The zero-order valence-electron chi connectivity index (χ0n) is 18.6. The normalized spacial score (nSPS) is 14.2. The molecular formula is C25H27N5O2S. The van der Waals surface area contributed by atoms with Crippen molar-refractivity contribution in [3.05, 3.63) is 69.5 Å².